The highest BCUT2D eigenvalue weighted by molar-refractivity contribution is 9.10. The lowest BCUT2D eigenvalue weighted by molar-refractivity contribution is 0.203. The first-order valence-electron chi connectivity index (χ1n) is 9.86. The number of H-pyrrole nitrogens is 1. The van der Waals surface area contributed by atoms with E-state index in [2.05, 4.69) is 31.2 Å². The second-order valence-electron chi connectivity index (χ2n) is 7.17. The highest BCUT2D eigenvalue weighted by Gasteiger charge is 2.12. The zero-order valence-electron chi connectivity index (χ0n) is 16.7. The van der Waals surface area contributed by atoms with E-state index in [1.54, 1.807) is 11.9 Å². The van der Waals surface area contributed by atoms with Gasteiger partial charge in [-0.3, -0.25) is 0 Å². The van der Waals surface area contributed by atoms with Gasteiger partial charge in [0.2, 0.25) is 0 Å². The molecule has 0 spiro atoms. The lowest BCUT2D eigenvalue weighted by atomic mass is 10.2. The number of amides is 2. The Hall–Kier alpha value is -3.06. The molecule has 0 aliphatic carbocycles. The van der Waals surface area contributed by atoms with Crippen molar-refractivity contribution >= 4 is 33.0 Å². The number of nitrogens with one attached hydrogen (secondary N) is 2. The number of hydrogen-bond acceptors (Lipinski definition) is 3. The number of benzene rings is 2. The number of aryl methyl sites for hydroxylation is 1. The van der Waals surface area contributed by atoms with E-state index in [1.807, 2.05) is 60.7 Å². The summed E-state index contributed by atoms with van der Waals surface area (Å²) in [6.07, 6.45) is 1.60. The van der Waals surface area contributed by atoms with Crippen molar-refractivity contribution in [2.75, 3.05) is 13.6 Å². The van der Waals surface area contributed by atoms with Gasteiger partial charge in [-0.2, -0.15) is 0 Å². The summed E-state index contributed by atoms with van der Waals surface area (Å²) >= 11 is 3.43. The molecular weight excluding hydrogens is 444 g/mol. The number of halogens is 1. The molecule has 6 nitrogen and oxygen atoms in total. The van der Waals surface area contributed by atoms with Crippen LogP contribution in [-0.4, -0.2) is 34.5 Å². The molecule has 0 atom stereocenters. The fourth-order valence-corrected chi connectivity index (χ4v) is 3.51. The van der Waals surface area contributed by atoms with Crippen molar-refractivity contribution in [1.82, 2.24) is 20.2 Å². The molecule has 0 aliphatic heterocycles. The standard InChI is InChI=1S/C23H23BrN4O2/c1-28(15-18-12-13-21(30-18)16-8-10-17(24)11-9-16)23(29)25-14-4-7-22-26-19-5-2-3-6-20(19)27-22/h2-3,5-6,8-13H,4,7,14-15H2,1H3,(H,25,29)(H,26,27). The molecule has 0 aliphatic rings. The maximum atomic E-state index is 12.4. The van der Waals surface area contributed by atoms with Crippen LogP contribution in [0.4, 0.5) is 4.79 Å². The SMILES string of the molecule is CN(Cc1ccc(-c2ccc(Br)cc2)o1)C(=O)NCCCc1nc2ccccc2[nH]1. The van der Waals surface area contributed by atoms with Crippen molar-refractivity contribution < 1.29 is 9.21 Å². The summed E-state index contributed by atoms with van der Waals surface area (Å²) in [5.41, 5.74) is 3.01. The van der Waals surface area contributed by atoms with Crippen LogP contribution >= 0.6 is 15.9 Å². The molecule has 0 bridgehead atoms. The number of nitrogens with zero attached hydrogens (tertiary/aromatic N) is 2. The first-order chi connectivity index (χ1) is 14.6. The molecule has 2 N–H and O–H groups in total. The van der Waals surface area contributed by atoms with E-state index in [0.717, 1.165) is 51.3 Å². The summed E-state index contributed by atoms with van der Waals surface area (Å²) in [7, 11) is 1.76. The van der Waals surface area contributed by atoms with Crippen LogP contribution in [0, 0.1) is 0 Å². The largest absolute Gasteiger partial charge is 0.459 e. The number of rotatable bonds is 7. The van der Waals surface area contributed by atoms with Crippen molar-refractivity contribution in [2.24, 2.45) is 0 Å². The first kappa shape index (κ1) is 20.2. The van der Waals surface area contributed by atoms with Crippen LogP contribution in [0.15, 0.2) is 69.6 Å². The van der Waals surface area contributed by atoms with Crippen LogP contribution in [0.2, 0.25) is 0 Å². The van der Waals surface area contributed by atoms with Gasteiger partial charge in [0.05, 0.1) is 17.6 Å². The van der Waals surface area contributed by atoms with Gasteiger partial charge in [0.25, 0.3) is 0 Å². The third-order valence-corrected chi connectivity index (χ3v) is 5.36. The molecule has 7 heteroatoms. The smallest absolute Gasteiger partial charge is 0.317 e. The molecule has 0 fully saturated rings. The number of furan rings is 1. The van der Waals surface area contributed by atoms with Crippen LogP contribution in [0.25, 0.3) is 22.4 Å². The molecule has 4 rings (SSSR count). The summed E-state index contributed by atoms with van der Waals surface area (Å²) in [5.74, 6) is 2.47. The van der Waals surface area contributed by atoms with Gasteiger partial charge in [-0.05, 0) is 42.8 Å². The van der Waals surface area contributed by atoms with Crippen molar-refractivity contribution in [2.45, 2.75) is 19.4 Å². The predicted molar refractivity (Wildman–Crippen MR) is 121 cm³/mol. The molecule has 0 saturated carbocycles. The highest BCUT2D eigenvalue weighted by Crippen LogP contribution is 2.24. The topological polar surface area (TPSA) is 74.2 Å². The van der Waals surface area contributed by atoms with Crippen LogP contribution in [0.5, 0.6) is 0 Å². The van der Waals surface area contributed by atoms with Crippen LogP contribution in [0.1, 0.15) is 18.0 Å². The monoisotopic (exact) mass is 466 g/mol. The molecule has 154 valence electrons. The second kappa shape index (κ2) is 9.17. The number of carbonyl (C=O) groups is 1. The first-order valence-corrected chi connectivity index (χ1v) is 10.6. The molecule has 2 aromatic carbocycles. The van der Waals surface area contributed by atoms with E-state index in [1.165, 1.54) is 0 Å². The van der Waals surface area contributed by atoms with Gasteiger partial charge in [0, 0.05) is 30.0 Å². The number of aromatic amines is 1. The Kier molecular flexibility index (Phi) is 6.18. The number of imidazole rings is 1. The minimum atomic E-state index is -0.124. The Morgan fingerprint density at radius 3 is 2.73 bits per heavy atom. The number of para-hydroxylation sites is 2. The highest BCUT2D eigenvalue weighted by atomic mass is 79.9. The van der Waals surface area contributed by atoms with Gasteiger partial charge in [-0.15, -0.1) is 0 Å². The summed E-state index contributed by atoms with van der Waals surface area (Å²) in [6, 6.07) is 19.6. The lowest BCUT2D eigenvalue weighted by Crippen LogP contribution is -2.37. The molecule has 4 aromatic rings. The third kappa shape index (κ3) is 4.91. The second-order valence-corrected chi connectivity index (χ2v) is 8.08. The number of fused-ring (bicyclic) bond motifs is 1. The van der Waals surface area contributed by atoms with E-state index >= 15 is 0 Å². The van der Waals surface area contributed by atoms with Crippen LogP contribution in [0.3, 0.4) is 0 Å². The minimum Gasteiger partial charge on any atom is -0.459 e. The maximum Gasteiger partial charge on any atom is 0.317 e. The average Bonchev–Trinajstić information content (AvgIpc) is 3.38. The molecule has 30 heavy (non-hydrogen) atoms. The Morgan fingerprint density at radius 1 is 1.13 bits per heavy atom. The number of aromatic nitrogens is 2. The van der Waals surface area contributed by atoms with Gasteiger partial charge in [0.1, 0.15) is 17.3 Å². The number of urea groups is 1. The molecule has 2 amide bonds. The van der Waals surface area contributed by atoms with E-state index in [4.69, 9.17) is 4.42 Å². The van der Waals surface area contributed by atoms with E-state index in [0.29, 0.717) is 13.1 Å². The van der Waals surface area contributed by atoms with Gasteiger partial charge in [-0.25, -0.2) is 9.78 Å². The molecule has 0 unspecified atom stereocenters. The van der Waals surface area contributed by atoms with Crippen molar-refractivity contribution in [3.05, 3.63) is 76.7 Å². The molecule has 0 saturated heterocycles. The van der Waals surface area contributed by atoms with E-state index < -0.39 is 0 Å². The van der Waals surface area contributed by atoms with Crippen molar-refractivity contribution in [3.8, 4) is 11.3 Å². The lowest BCUT2D eigenvalue weighted by Gasteiger charge is -2.16. The quantitative estimate of drug-likeness (QED) is 0.360. The van der Waals surface area contributed by atoms with Gasteiger partial charge < -0.3 is 19.6 Å². The number of hydrogen-bond donors (Lipinski definition) is 2. The summed E-state index contributed by atoms with van der Waals surface area (Å²) in [6.45, 7) is 0.994. The Labute approximate surface area is 183 Å². The third-order valence-electron chi connectivity index (χ3n) is 4.84. The van der Waals surface area contributed by atoms with Gasteiger partial charge in [-0.1, -0.05) is 40.2 Å². The van der Waals surface area contributed by atoms with Gasteiger partial charge >= 0.3 is 6.03 Å². The van der Waals surface area contributed by atoms with Crippen LogP contribution < -0.4 is 5.32 Å². The Morgan fingerprint density at radius 2 is 1.93 bits per heavy atom. The minimum absolute atomic E-state index is 0.124. The zero-order valence-corrected chi connectivity index (χ0v) is 18.3. The van der Waals surface area contributed by atoms with Gasteiger partial charge in [0.15, 0.2) is 0 Å². The molecular formula is C23H23BrN4O2. The van der Waals surface area contributed by atoms with E-state index in [-0.39, 0.29) is 6.03 Å². The fourth-order valence-electron chi connectivity index (χ4n) is 3.25. The summed E-state index contributed by atoms with van der Waals surface area (Å²) < 4.78 is 6.92. The van der Waals surface area contributed by atoms with E-state index in [9.17, 15) is 4.79 Å². The average molecular weight is 467 g/mol. The zero-order chi connectivity index (χ0) is 20.9. The molecule has 0 radical (unpaired) electrons. The molecule has 2 aromatic heterocycles. The molecule has 2 heterocycles. The Balaban J connectivity index is 1.23. The van der Waals surface area contributed by atoms with Crippen molar-refractivity contribution in [3.63, 3.8) is 0 Å². The summed E-state index contributed by atoms with van der Waals surface area (Å²) in [4.78, 5) is 21.8. The Bertz CT molecular complexity index is 1100. The number of carbonyl (C=O) groups excluding carboxylic acids is 1. The predicted octanol–water partition coefficient (Wildman–Crippen LogP) is 5.36. The normalized spacial score (nSPS) is 11.0. The van der Waals surface area contributed by atoms with Crippen LogP contribution in [-0.2, 0) is 13.0 Å². The maximum absolute atomic E-state index is 12.4. The fraction of sp³-hybridized carbons (Fsp3) is 0.217. The summed E-state index contributed by atoms with van der Waals surface area (Å²) in [5, 5.41) is 2.95. The van der Waals surface area contributed by atoms with Crippen molar-refractivity contribution in [1.29, 1.82) is 0 Å².